The van der Waals surface area contributed by atoms with E-state index in [9.17, 15) is 13.2 Å². The van der Waals surface area contributed by atoms with Gasteiger partial charge in [-0.2, -0.15) is 5.26 Å². The Morgan fingerprint density at radius 3 is 2.60 bits per heavy atom. The van der Waals surface area contributed by atoms with Crippen LogP contribution in [0.1, 0.15) is 5.56 Å². The number of ether oxygens (including phenoxy) is 1. The summed E-state index contributed by atoms with van der Waals surface area (Å²) in [4.78, 5) is 0. The lowest BCUT2D eigenvalue weighted by Gasteiger charge is -2.11. The van der Waals surface area contributed by atoms with Crippen molar-refractivity contribution in [2.24, 2.45) is 0 Å². The topological polar surface area (TPSA) is 33.0 Å². The number of hydrogen-bond acceptors (Lipinski definition) is 2. The number of alkyl halides is 3. The molecule has 0 aliphatic rings. The summed E-state index contributed by atoms with van der Waals surface area (Å²) in [6.07, 6.45) is -4.64. The van der Waals surface area contributed by atoms with Crippen LogP contribution < -0.4 is 4.74 Å². The van der Waals surface area contributed by atoms with Crippen LogP contribution in [0.4, 0.5) is 13.2 Å². The van der Waals surface area contributed by atoms with Crippen LogP contribution in [0.15, 0.2) is 18.2 Å². The summed E-state index contributed by atoms with van der Waals surface area (Å²) in [7, 11) is 0. The summed E-state index contributed by atoms with van der Waals surface area (Å²) in [5.74, 6) is -0.268. The second-order valence-corrected chi connectivity index (χ2v) is 3.81. The molecule has 0 saturated carbocycles. The van der Waals surface area contributed by atoms with Gasteiger partial charge in [0.1, 0.15) is 5.75 Å². The van der Waals surface area contributed by atoms with Gasteiger partial charge in [0.25, 0.3) is 0 Å². The molecule has 0 amide bonds. The molecule has 0 spiro atoms. The van der Waals surface area contributed by atoms with E-state index in [2.05, 4.69) is 4.74 Å². The molecule has 0 radical (unpaired) electrons. The van der Waals surface area contributed by atoms with Crippen molar-refractivity contribution in [2.45, 2.75) is 12.8 Å². The van der Waals surface area contributed by atoms with Gasteiger partial charge in [-0.25, -0.2) is 0 Å². The first-order chi connectivity index (χ1) is 6.92. The molecule has 1 rings (SSSR count). The van der Waals surface area contributed by atoms with Gasteiger partial charge in [-0.1, -0.05) is 6.07 Å². The number of hydrogen-bond donors (Lipinski definition) is 0. The Kier molecular flexibility index (Phi) is 3.79. The third-order valence-corrected chi connectivity index (χ3v) is 2.40. The summed E-state index contributed by atoms with van der Waals surface area (Å²) in [6.45, 7) is 0. The van der Waals surface area contributed by atoms with Gasteiger partial charge in [0.05, 0.1) is 16.1 Å². The van der Waals surface area contributed by atoms with Crippen molar-refractivity contribution in [2.75, 3.05) is 0 Å². The second kappa shape index (κ2) is 4.70. The van der Waals surface area contributed by atoms with Crippen LogP contribution >= 0.6 is 22.6 Å². The highest BCUT2D eigenvalue weighted by Crippen LogP contribution is 2.28. The summed E-state index contributed by atoms with van der Waals surface area (Å²) in [6, 6.07) is 6.15. The number of nitrogens with zero attached hydrogens (tertiary/aromatic N) is 1. The molecule has 0 saturated heterocycles. The van der Waals surface area contributed by atoms with Gasteiger partial charge in [-0.05, 0) is 40.3 Å². The van der Waals surface area contributed by atoms with Crippen molar-refractivity contribution in [3.63, 3.8) is 0 Å². The van der Waals surface area contributed by atoms with E-state index < -0.39 is 6.36 Å². The van der Waals surface area contributed by atoms with Gasteiger partial charge >= 0.3 is 6.36 Å². The highest BCUT2D eigenvalue weighted by atomic mass is 127. The maximum Gasteiger partial charge on any atom is 0.573 e. The molecular weight excluding hydrogens is 322 g/mol. The smallest absolute Gasteiger partial charge is 0.405 e. The first-order valence-corrected chi connectivity index (χ1v) is 4.91. The standard InChI is InChI=1S/C9H5F3INO/c10-9(11,12)15-8-5-6(3-4-14)1-2-7(8)13/h1-2,5H,3H2. The maximum absolute atomic E-state index is 11.9. The van der Waals surface area contributed by atoms with Crippen LogP contribution in [0.5, 0.6) is 5.75 Å². The highest BCUT2D eigenvalue weighted by Gasteiger charge is 2.31. The van der Waals surface area contributed by atoms with Crippen LogP contribution in [0.3, 0.4) is 0 Å². The third-order valence-electron chi connectivity index (χ3n) is 1.50. The molecule has 0 aliphatic carbocycles. The zero-order chi connectivity index (χ0) is 11.5. The number of halogens is 4. The minimum Gasteiger partial charge on any atom is -0.405 e. The van der Waals surface area contributed by atoms with Gasteiger partial charge in [0, 0.05) is 0 Å². The number of nitriles is 1. The SMILES string of the molecule is N#CCc1ccc(I)c(OC(F)(F)F)c1. The largest absolute Gasteiger partial charge is 0.573 e. The van der Waals surface area contributed by atoms with Crippen LogP contribution in [-0.2, 0) is 6.42 Å². The molecule has 0 N–H and O–H groups in total. The molecule has 1 aromatic carbocycles. The van der Waals surface area contributed by atoms with E-state index in [1.165, 1.54) is 12.1 Å². The molecule has 0 aromatic heterocycles. The Morgan fingerprint density at radius 2 is 2.07 bits per heavy atom. The minimum absolute atomic E-state index is 0.0607. The fourth-order valence-corrected chi connectivity index (χ4v) is 1.40. The Labute approximate surface area is 97.8 Å². The van der Waals surface area contributed by atoms with E-state index in [0.29, 0.717) is 9.13 Å². The molecule has 0 fully saturated rings. The van der Waals surface area contributed by atoms with Gasteiger partial charge in [-0.15, -0.1) is 13.2 Å². The van der Waals surface area contributed by atoms with Gasteiger partial charge in [0.15, 0.2) is 0 Å². The fourth-order valence-electron chi connectivity index (χ4n) is 0.952. The van der Waals surface area contributed by atoms with E-state index in [0.717, 1.165) is 0 Å². The predicted octanol–water partition coefficient (Wildman–Crippen LogP) is 3.26. The molecule has 0 heterocycles. The van der Waals surface area contributed by atoms with Crippen LogP contribution in [0.25, 0.3) is 0 Å². The van der Waals surface area contributed by atoms with Gasteiger partial charge < -0.3 is 4.74 Å². The first kappa shape index (κ1) is 12.1. The van der Waals surface area contributed by atoms with E-state index in [4.69, 9.17) is 5.26 Å². The quantitative estimate of drug-likeness (QED) is 0.781. The average Bonchev–Trinajstić information content (AvgIpc) is 2.09. The van der Waals surface area contributed by atoms with Crippen molar-refractivity contribution in [3.05, 3.63) is 27.3 Å². The van der Waals surface area contributed by atoms with Crippen molar-refractivity contribution in [1.82, 2.24) is 0 Å². The lowest BCUT2D eigenvalue weighted by atomic mass is 10.2. The second-order valence-electron chi connectivity index (χ2n) is 2.65. The normalized spacial score (nSPS) is 10.9. The van der Waals surface area contributed by atoms with E-state index >= 15 is 0 Å². The third kappa shape index (κ3) is 3.95. The summed E-state index contributed by atoms with van der Waals surface area (Å²) < 4.78 is 40.0. The lowest BCUT2D eigenvalue weighted by Crippen LogP contribution is -2.17. The predicted molar refractivity (Wildman–Crippen MR) is 55.2 cm³/mol. The molecule has 0 bridgehead atoms. The molecule has 0 aliphatic heterocycles. The average molecular weight is 327 g/mol. The first-order valence-electron chi connectivity index (χ1n) is 3.83. The summed E-state index contributed by atoms with van der Waals surface area (Å²) >= 11 is 1.74. The van der Waals surface area contributed by atoms with Crippen molar-refractivity contribution in [1.29, 1.82) is 5.26 Å². The number of benzene rings is 1. The fraction of sp³-hybridized carbons (Fsp3) is 0.222. The van der Waals surface area contributed by atoms with Crippen LogP contribution in [-0.4, -0.2) is 6.36 Å². The zero-order valence-corrected chi connectivity index (χ0v) is 9.46. The number of rotatable bonds is 2. The van der Waals surface area contributed by atoms with Gasteiger partial charge in [0.2, 0.25) is 0 Å². The maximum atomic E-state index is 11.9. The van der Waals surface area contributed by atoms with E-state index in [1.54, 1.807) is 28.7 Å². The highest BCUT2D eigenvalue weighted by molar-refractivity contribution is 14.1. The van der Waals surface area contributed by atoms with Crippen molar-refractivity contribution in [3.8, 4) is 11.8 Å². The molecule has 6 heteroatoms. The minimum atomic E-state index is -4.70. The summed E-state index contributed by atoms with van der Waals surface area (Å²) in [5, 5.41) is 8.40. The van der Waals surface area contributed by atoms with Crippen molar-refractivity contribution >= 4 is 22.6 Å². The Hall–Kier alpha value is -0.970. The Balaban J connectivity index is 2.96. The monoisotopic (exact) mass is 327 g/mol. The lowest BCUT2D eigenvalue weighted by molar-refractivity contribution is -0.274. The van der Waals surface area contributed by atoms with Gasteiger partial charge in [-0.3, -0.25) is 0 Å². The Morgan fingerprint density at radius 1 is 1.40 bits per heavy atom. The molecule has 0 atom stereocenters. The summed E-state index contributed by atoms with van der Waals surface area (Å²) in [5.41, 5.74) is 0.497. The molecule has 1 aromatic rings. The molecular formula is C9H5F3INO. The molecule has 15 heavy (non-hydrogen) atoms. The van der Waals surface area contributed by atoms with Crippen LogP contribution in [0, 0.1) is 14.9 Å². The zero-order valence-electron chi connectivity index (χ0n) is 7.31. The molecule has 2 nitrogen and oxygen atoms in total. The van der Waals surface area contributed by atoms with E-state index in [1.807, 2.05) is 6.07 Å². The van der Waals surface area contributed by atoms with Crippen LogP contribution in [0.2, 0.25) is 0 Å². The Bertz CT molecular complexity index is 397. The molecule has 0 unspecified atom stereocenters. The van der Waals surface area contributed by atoms with E-state index in [-0.39, 0.29) is 12.2 Å². The molecule has 80 valence electrons. The van der Waals surface area contributed by atoms with Crippen molar-refractivity contribution < 1.29 is 17.9 Å².